The lowest BCUT2D eigenvalue weighted by atomic mass is 10.1. The number of H-pyrrole nitrogens is 1. The summed E-state index contributed by atoms with van der Waals surface area (Å²) in [6.07, 6.45) is 8.01. The standard InChI is InChI=1S/C20H28N4O/c1-2-7-19(25)21-11-10-17-15-22-20(23-17)16-8-6-9-18(14-16)24-12-4-3-5-13-24/h6,8-9,14-15H,2-5,7,10-13H2,1H3,(H,21,25)(H,22,23). The molecule has 2 heterocycles. The van der Waals surface area contributed by atoms with E-state index in [1.807, 2.05) is 13.1 Å². The van der Waals surface area contributed by atoms with Crippen LogP contribution in [-0.2, 0) is 11.2 Å². The van der Waals surface area contributed by atoms with E-state index in [1.54, 1.807) is 0 Å². The van der Waals surface area contributed by atoms with Crippen molar-refractivity contribution in [3.8, 4) is 11.4 Å². The molecule has 0 aliphatic carbocycles. The van der Waals surface area contributed by atoms with Crippen molar-refractivity contribution in [2.45, 2.75) is 45.4 Å². The van der Waals surface area contributed by atoms with Crippen molar-refractivity contribution in [1.29, 1.82) is 0 Å². The fourth-order valence-electron chi connectivity index (χ4n) is 3.29. The molecule has 0 spiro atoms. The van der Waals surface area contributed by atoms with Crippen LogP contribution in [0.4, 0.5) is 5.69 Å². The summed E-state index contributed by atoms with van der Waals surface area (Å²) in [5.74, 6) is 1.02. The summed E-state index contributed by atoms with van der Waals surface area (Å²) < 4.78 is 0. The molecule has 3 rings (SSSR count). The van der Waals surface area contributed by atoms with Crippen molar-refractivity contribution in [3.05, 3.63) is 36.2 Å². The van der Waals surface area contributed by atoms with Gasteiger partial charge in [-0.3, -0.25) is 4.79 Å². The van der Waals surface area contributed by atoms with Crippen LogP contribution in [0.5, 0.6) is 0 Å². The molecule has 1 aromatic carbocycles. The zero-order valence-corrected chi connectivity index (χ0v) is 15.1. The largest absolute Gasteiger partial charge is 0.372 e. The highest BCUT2D eigenvalue weighted by Crippen LogP contribution is 2.25. The molecule has 0 unspecified atom stereocenters. The number of hydrogen-bond donors (Lipinski definition) is 2. The van der Waals surface area contributed by atoms with Crippen LogP contribution in [0.3, 0.4) is 0 Å². The van der Waals surface area contributed by atoms with E-state index in [-0.39, 0.29) is 5.91 Å². The molecular weight excluding hydrogens is 312 g/mol. The predicted molar refractivity (Wildman–Crippen MR) is 102 cm³/mol. The molecule has 1 amide bonds. The summed E-state index contributed by atoms with van der Waals surface area (Å²) in [5, 5.41) is 2.94. The molecule has 1 aliphatic rings. The molecule has 5 heteroatoms. The van der Waals surface area contributed by atoms with Crippen LogP contribution in [0, 0.1) is 0 Å². The van der Waals surface area contributed by atoms with Crippen LogP contribution in [0.25, 0.3) is 11.4 Å². The zero-order valence-electron chi connectivity index (χ0n) is 15.1. The first-order valence-corrected chi connectivity index (χ1v) is 9.42. The average Bonchev–Trinajstić information content (AvgIpc) is 3.12. The second kappa shape index (κ2) is 8.70. The van der Waals surface area contributed by atoms with Gasteiger partial charge in [-0.2, -0.15) is 0 Å². The number of benzene rings is 1. The first-order chi connectivity index (χ1) is 12.3. The average molecular weight is 340 g/mol. The van der Waals surface area contributed by atoms with Crippen molar-refractivity contribution in [2.24, 2.45) is 0 Å². The Morgan fingerprint density at radius 3 is 2.92 bits per heavy atom. The van der Waals surface area contributed by atoms with Crippen LogP contribution in [-0.4, -0.2) is 35.5 Å². The number of carbonyl (C=O) groups excluding carboxylic acids is 1. The molecule has 1 saturated heterocycles. The van der Waals surface area contributed by atoms with Crippen LogP contribution in [0.15, 0.2) is 30.5 Å². The summed E-state index contributed by atoms with van der Waals surface area (Å²) in [4.78, 5) is 21.9. The Morgan fingerprint density at radius 1 is 1.28 bits per heavy atom. The summed E-state index contributed by atoms with van der Waals surface area (Å²) in [6.45, 7) is 4.95. The third-order valence-electron chi connectivity index (χ3n) is 4.66. The fraction of sp³-hybridized carbons (Fsp3) is 0.500. The molecular formula is C20H28N4O. The predicted octanol–water partition coefficient (Wildman–Crippen LogP) is 3.53. The molecule has 0 bridgehead atoms. The number of nitrogens with zero attached hydrogens (tertiary/aromatic N) is 2. The highest BCUT2D eigenvalue weighted by Gasteiger charge is 2.12. The van der Waals surface area contributed by atoms with Crippen LogP contribution in [0.2, 0.25) is 0 Å². The van der Waals surface area contributed by atoms with Crippen molar-refractivity contribution in [3.63, 3.8) is 0 Å². The molecule has 0 atom stereocenters. The number of piperidine rings is 1. The molecule has 25 heavy (non-hydrogen) atoms. The second-order valence-electron chi connectivity index (χ2n) is 6.71. The zero-order chi connectivity index (χ0) is 17.5. The first kappa shape index (κ1) is 17.5. The van der Waals surface area contributed by atoms with Crippen LogP contribution >= 0.6 is 0 Å². The quantitative estimate of drug-likeness (QED) is 0.810. The number of aromatic nitrogens is 2. The number of rotatable bonds is 7. The van der Waals surface area contributed by atoms with Gasteiger partial charge in [-0.1, -0.05) is 19.1 Å². The molecule has 2 aromatic rings. The monoisotopic (exact) mass is 340 g/mol. The smallest absolute Gasteiger partial charge is 0.219 e. The molecule has 1 fully saturated rings. The normalized spacial score (nSPS) is 14.5. The molecule has 0 saturated carbocycles. The molecule has 2 N–H and O–H groups in total. The maximum Gasteiger partial charge on any atom is 0.219 e. The number of amides is 1. The van der Waals surface area contributed by atoms with Gasteiger partial charge in [-0.05, 0) is 37.8 Å². The summed E-state index contributed by atoms with van der Waals surface area (Å²) in [6, 6.07) is 8.60. The molecule has 134 valence electrons. The highest BCUT2D eigenvalue weighted by molar-refractivity contribution is 5.75. The Kier molecular flexibility index (Phi) is 6.09. The van der Waals surface area contributed by atoms with Crippen molar-refractivity contribution < 1.29 is 4.79 Å². The van der Waals surface area contributed by atoms with E-state index in [4.69, 9.17) is 0 Å². The van der Waals surface area contributed by atoms with Gasteiger partial charge in [0.2, 0.25) is 5.91 Å². The minimum absolute atomic E-state index is 0.122. The maximum atomic E-state index is 11.5. The first-order valence-electron chi connectivity index (χ1n) is 9.42. The van der Waals surface area contributed by atoms with Crippen molar-refractivity contribution in [2.75, 3.05) is 24.5 Å². The Balaban J connectivity index is 1.61. The highest BCUT2D eigenvalue weighted by atomic mass is 16.1. The Labute approximate surface area is 149 Å². The third-order valence-corrected chi connectivity index (χ3v) is 4.66. The number of anilines is 1. The van der Waals surface area contributed by atoms with Gasteiger partial charge in [0.05, 0.1) is 0 Å². The Morgan fingerprint density at radius 2 is 2.12 bits per heavy atom. The van der Waals surface area contributed by atoms with Gasteiger partial charge in [0.1, 0.15) is 5.82 Å². The van der Waals surface area contributed by atoms with Crippen LogP contribution < -0.4 is 10.2 Å². The van der Waals surface area contributed by atoms with Gasteiger partial charge in [0, 0.05) is 55.6 Å². The fourth-order valence-corrected chi connectivity index (χ4v) is 3.29. The lowest BCUT2D eigenvalue weighted by molar-refractivity contribution is -0.121. The van der Waals surface area contributed by atoms with E-state index >= 15 is 0 Å². The van der Waals surface area contributed by atoms with Crippen molar-refractivity contribution in [1.82, 2.24) is 15.3 Å². The number of nitrogens with one attached hydrogen (secondary N) is 2. The van der Waals surface area contributed by atoms with Gasteiger partial charge in [0.25, 0.3) is 0 Å². The SMILES string of the molecule is CCCC(=O)NCCc1cnc(-c2cccc(N3CCCCC3)c2)[nH]1. The third kappa shape index (κ3) is 4.84. The van der Waals surface area contributed by atoms with E-state index < -0.39 is 0 Å². The number of hydrogen-bond acceptors (Lipinski definition) is 3. The van der Waals surface area contributed by atoms with E-state index in [2.05, 4.69) is 44.5 Å². The van der Waals surface area contributed by atoms with E-state index in [0.717, 1.165) is 43.0 Å². The lowest BCUT2D eigenvalue weighted by Gasteiger charge is -2.29. The van der Waals surface area contributed by atoms with E-state index in [0.29, 0.717) is 13.0 Å². The number of aromatic amines is 1. The van der Waals surface area contributed by atoms with Gasteiger partial charge in [-0.25, -0.2) is 4.98 Å². The van der Waals surface area contributed by atoms with Crippen molar-refractivity contribution >= 4 is 11.6 Å². The van der Waals surface area contributed by atoms with E-state index in [9.17, 15) is 4.79 Å². The summed E-state index contributed by atoms with van der Waals surface area (Å²) in [7, 11) is 0. The van der Waals surface area contributed by atoms with E-state index in [1.165, 1.54) is 24.9 Å². The Bertz CT molecular complexity index is 689. The minimum Gasteiger partial charge on any atom is -0.372 e. The molecule has 0 radical (unpaired) electrons. The van der Waals surface area contributed by atoms with Gasteiger partial charge < -0.3 is 15.2 Å². The Hall–Kier alpha value is -2.30. The minimum atomic E-state index is 0.122. The number of imidazole rings is 1. The van der Waals surface area contributed by atoms with Gasteiger partial charge in [0.15, 0.2) is 0 Å². The van der Waals surface area contributed by atoms with Gasteiger partial charge in [-0.15, -0.1) is 0 Å². The van der Waals surface area contributed by atoms with Crippen LogP contribution in [0.1, 0.15) is 44.7 Å². The molecule has 5 nitrogen and oxygen atoms in total. The summed E-state index contributed by atoms with van der Waals surface area (Å²) >= 11 is 0. The van der Waals surface area contributed by atoms with Gasteiger partial charge >= 0.3 is 0 Å². The summed E-state index contributed by atoms with van der Waals surface area (Å²) in [5.41, 5.74) is 3.45. The second-order valence-corrected chi connectivity index (χ2v) is 6.71. The molecule has 1 aliphatic heterocycles. The molecule has 1 aromatic heterocycles. The topological polar surface area (TPSA) is 61.0 Å². The lowest BCUT2D eigenvalue weighted by Crippen LogP contribution is -2.29. The maximum absolute atomic E-state index is 11.5. The number of carbonyl (C=O) groups is 1.